The van der Waals surface area contributed by atoms with Crippen molar-refractivity contribution in [3.8, 4) is 5.75 Å². The summed E-state index contributed by atoms with van der Waals surface area (Å²) in [5.41, 5.74) is 2.08. The third kappa shape index (κ3) is 3.30. The van der Waals surface area contributed by atoms with Crippen LogP contribution in [0.15, 0.2) is 23.9 Å². The molecule has 7 heteroatoms. The van der Waals surface area contributed by atoms with Crippen LogP contribution in [0.2, 0.25) is 0 Å². The fourth-order valence-electron chi connectivity index (χ4n) is 2.27. The number of carbonyl (C=O) groups excluding carboxylic acids is 2. The molecule has 0 amide bonds. The number of benzene rings is 1. The van der Waals surface area contributed by atoms with E-state index in [9.17, 15) is 14.7 Å². The van der Waals surface area contributed by atoms with Crippen molar-refractivity contribution < 1.29 is 24.2 Å². The Balaban J connectivity index is 2.37. The highest BCUT2D eigenvalue weighted by Crippen LogP contribution is 2.36. The number of hydrogen-bond donors (Lipinski definition) is 3. The summed E-state index contributed by atoms with van der Waals surface area (Å²) in [6.07, 6.45) is 2.67. The second-order valence-electron chi connectivity index (χ2n) is 4.71. The molecule has 0 aliphatic carbocycles. The average Bonchev–Trinajstić information content (AvgIpc) is 2.55. The minimum atomic E-state index is -0.684. The third-order valence-corrected chi connectivity index (χ3v) is 3.33. The van der Waals surface area contributed by atoms with Crippen molar-refractivity contribution in [1.29, 1.82) is 0 Å². The number of fused-ring (bicyclic) bond motifs is 1. The minimum absolute atomic E-state index is 0.0344. The van der Waals surface area contributed by atoms with Crippen LogP contribution in [0, 0.1) is 0 Å². The maximum atomic E-state index is 11.8. The molecule has 1 aliphatic heterocycles. The lowest BCUT2D eigenvalue weighted by Gasteiger charge is -2.23. The van der Waals surface area contributed by atoms with E-state index < -0.39 is 11.9 Å². The van der Waals surface area contributed by atoms with Gasteiger partial charge in [0.2, 0.25) is 0 Å². The number of phenolic OH excluding ortho intramolecular Hbond substituents is 1. The van der Waals surface area contributed by atoms with Gasteiger partial charge in [-0.3, -0.25) is 0 Å². The van der Waals surface area contributed by atoms with E-state index >= 15 is 0 Å². The summed E-state index contributed by atoms with van der Waals surface area (Å²) in [5.74, 6) is -1.20. The van der Waals surface area contributed by atoms with Crippen LogP contribution in [0.1, 0.15) is 12.0 Å². The predicted octanol–water partition coefficient (Wildman–Crippen LogP) is 1.39. The molecule has 1 aromatic rings. The minimum Gasteiger partial charge on any atom is -0.506 e. The molecule has 0 saturated carbocycles. The van der Waals surface area contributed by atoms with Gasteiger partial charge in [-0.1, -0.05) is 0 Å². The highest BCUT2D eigenvalue weighted by atomic mass is 16.5. The van der Waals surface area contributed by atoms with Crippen LogP contribution < -0.4 is 10.6 Å². The number of nitrogens with one attached hydrogen (secondary N) is 2. The lowest BCUT2D eigenvalue weighted by molar-refractivity contribution is -0.138. The van der Waals surface area contributed by atoms with Crippen LogP contribution in [0.25, 0.3) is 0 Å². The Labute approximate surface area is 127 Å². The predicted molar refractivity (Wildman–Crippen MR) is 80.7 cm³/mol. The third-order valence-electron chi connectivity index (χ3n) is 3.33. The lowest BCUT2D eigenvalue weighted by atomic mass is 10.0. The highest BCUT2D eigenvalue weighted by molar-refractivity contribution is 5.99. The zero-order chi connectivity index (χ0) is 16.1. The highest BCUT2D eigenvalue weighted by Gasteiger charge is 2.19. The standard InChI is InChI=1S/C15H18N2O5/c1-21-13(19)8-11(15(20)22-2)17-10-5-6-12(18)14-9(10)4-3-7-16-14/h5-6,8,16-18H,3-4,7H2,1-2H3/b11-8+. The van der Waals surface area contributed by atoms with Crippen LogP contribution in [0.5, 0.6) is 5.75 Å². The van der Waals surface area contributed by atoms with Crippen LogP contribution >= 0.6 is 0 Å². The van der Waals surface area contributed by atoms with Crippen molar-refractivity contribution in [2.45, 2.75) is 12.8 Å². The van der Waals surface area contributed by atoms with E-state index in [4.69, 9.17) is 0 Å². The van der Waals surface area contributed by atoms with Gasteiger partial charge >= 0.3 is 11.9 Å². The molecule has 0 spiro atoms. The zero-order valence-corrected chi connectivity index (χ0v) is 12.4. The first-order chi connectivity index (χ1) is 10.6. The van der Waals surface area contributed by atoms with Gasteiger partial charge in [-0.05, 0) is 25.0 Å². The fraction of sp³-hybridized carbons (Fsp3) is 0.333. The van der Waals surface area contributed by atoms with Gasteiger partial charge in [0.15, 0.2) is 0 Å². The van der Waals surface area contributed by atoms with Crippen molar-refractivity contribution in [3.05, 3.63) is 29.5 Å². The summed E-state index contributed by atoms with van der Waals surface area (Å²) in [5, 5.41) is 15.9. The molecule has 0 atom stereocenters. The van der Waals surface area contributed by atoms with Gasteiger partial charge in [-0.15, -0.1) is 0 Å². The van der Waals surface area contributed by atoms with Crippen LogP contribution in [-0.4, -0.2) is 37.8 Å². The smallest absolute Gasteiger partial charge is 0.354 e. The number of carbonyl (C=O) groups is 2. The summed E-state index contributed by atoms with van der Waals surface area (Å²) < 4.78 is 9.18. The number of phenols is 1. The van der Waals surface area contributed by atoms with Gasteiger partial charge in [0.25, 0.3) is 0 Å². The molecule has 0 bridgehead atoms. The Morgan fingerprint density at radius 3 is 2.77 bits per heavy atom. The van der Waals surface area contributed by atoms with Gasteiger partial charge < -0.3 is 25.2 Å². The van der Waals surface area contributed by atoms with E-state index in [1.54, 1.807) is 6.07 Å². The first-order valence-corrected chi connectivity index (χ1v) is 6.80. The number of hydrogen-bond acceptors (Lipinski definition) is 7. The van der Waals surface area contributed by atoms with Gasteiger partial charge in [-0.2, -0.15) is 0 Å². The van der Waals surface area contributed by atoms with Gasteiger partial charge in [0, 0.05) is 17.8 Å². The van der Waals surface area contributed by atoms with Crippen molar-refractivity contribution in [1.82, 2.24) is 0 Å². The summed E-state index contributed by atoms with van der Waals surface area (Å²) in [6.45, 7) is 0.770. The Morgan fingerprint density at radius 2 is 2.09 bits per heavy atom. The summed E-state index contributed by atoms with van der Waals surface area (Å²) in [4.78, 5) is 23.2. The molecule has 1 heterocycles. The number of methoxy groups -OCH3 is 2. The molecular formula is C15H18N2O5. The number of anilines is 2. The first-order valence-electron chi connectivity index (χ1n) is 6.80. The van der Waals surface area contributed by atoms with Gasteiger partial charge in [-0.25, -0.2) is 9.59 Å². The summed E-state index contributed by atoms with van der Waals surface area (Å²) >= 11 is 0. The average molecular weight is 306 g/mol. The quantitative estimate of drug-likeness (QED) is 0.335. The first kappa shape index (κ1) is 15.7. The molecular weight excluding hydrogens is 288 g/mol. The largest absolute Gasteiger partial charge is 0.506 e. The maximum Gasteiger partial charge on any atom is 0.354 e. The van der Waals surface area contributed by atoms with Gasteiger partial charge in [0.05, 0.1) is 26.0 Å². The zero-order valence-electron chi connectivity index (χ0n) is 12.4. The fourth-order valence-corrected chi connectivity index (χ4v) is 2.27. The van der Waals surface area contributed by atoms with Crippen molar-refractivity contribution in [2.75, 3.05) is 31.4 Å². The maximum absolute atomic E-state index is 11.8. The molecule has 1 aliphatic rings. The molecule has 0 saturated heterocycles. The molecule has 0 aromatic heterocycles. The molecule has 118 valence electrons. The number of esters is 2. The number of ether oxygens (including phenoxy) is 2. The van der Waals surface area contributed by atoms with E-state index in [1.165, 1.54) is 20.3 Å². The van der Waals surface area contributed by atoms with Crippen molar-refractivity contribution in [2.24, 2.45) is 0 Å². The molecule has 0 radical (unpaired) electrons. The van der Waals surface area contributed by atoms with Crippen molar-refractivity contribution in [3.63, 3.8) is 0 Å². The number of aromatic hydroxyl groups is 1. The molecule has 1 aromatic carbocycles. The second kappa shape index (κ2) is 6.84. The molecule has 2 rings (SSSR count). The molecule has 0 unspecified atom stereocenters. The Hall–Kier alpha value is -2.70. The normalized spacial score (nSPS) is 13.6. The van der Waals surface area contributed by atoms with Gasteiger partial charge in [0.1, 0.15) is 11.4 Å². The second-order valence-corrected chi connectivity index (χ2v) is 4.71. The Kier molecular flexibility index (Phi) is 4.88. The SMILES string of the molecule is COC(=O)/C=C(/Nc1ccc(O)c2c1CCCN2)C(=O)OC. The molecule has 22 heavy (non-hydrogen) atoms. The molecule has 7 nitrogen and oxygen atoms in total. The molecule has 0 fully saturated rings. The van der Waals surface area contributed by atoms with E-state index in [1.807, 2.05) is 0 Å². The summed E-state index contributed by atoms with van der Waals surface area (Å²) in [7, 11) is 2.45. The van der Waals surface area contributed by atoms with E-state index in [0.717, 1.165) is 31.0 Å². The van der Waals surface area contributed by atoms with E-state index in [2.05, 4.69) is 20.1 Å². The van der Waals surface area contributed by atoms with Crippen LogP contribution in [0.4, 0.5) is 11.4 Å². The molecule has 3 N–H and O–H groups in total. The Bertz CT molecular complexity index is 625. The van der Waals surface area contributed by atoms with Crippen LogP contribution in [0.3, 0.4) is 0 Å². The lowest BCUT2D eigenvalue weighted by Crippen LogP contribution is -2.18. The Morgan fingerprint density at radius 1 is 1.32 bits per heavy atom. The number of rotatable bonds is 4. The van der Waals surface area contributed by atoms with E-state index in [-0.39, 0.29) is 11.4 Å². The summed E-state index contributed by atoms with van der Waals surface area (Å²) in [6, 6.07) is 3.17. The topological polar surface area (TPSA) is 96.9 Å². The monoisotopic (exact) mass is 306 g/mol. The van der Waals surface area contributed by atoms with Crippen molar-refractivity contribution >= 4 is 23.3 Å². The van der Waals surface area contributed by atoms with Crippen LogP contribution in [-0.2, 0) is 25.5 Å². The van der Waals surface area contributed by atoms with E-state index in [0.29, 0.717) is 11.4 Å².